The van der Waals surface area contributed by atoms with Crippen molar-refractivity contribution in [3.05, 3.63) is 29.8 Å². The Balaban J connectivity index is 2.76. The molecule has 0 heterocycles. The summed E-state index contributed by atoms with van der Waals surface area (Å²) < 4.78 is 5.67. The van der Waals surface area contributed by atoms with E-state index in [0.717, 1.165) is 5.56 Å². The highest BCUT2D eigenvalue weighted by Gasteiger charge is 2.27. The van der Waals surface area contributed by atoms with Crippen molar-refractivity contribution < 1.29 is 19.4 Å². The van der Waals surface area contributed by atoms with Gasteiger partial charge in [0.15, 0.2) is 6.10 Å². The molecule has 1 aromatic rings. The van der Waals surface area contributed by atoms with Crippen LogP contribution >= 0.6 is 0 Å². The van der Waals surface area contributed by atoms with Crippen molar-refractivity contribution in [1.29, 1.82) is 0 Å². The van der Waals surface area contributed by atoms with Crippen LogP contribution in [0.2, 0.25) is 0 Å². The van der Waals surface area contributed by atoms with Gasteiger partial charge in [-0.05, 0) is 31.9 Å². The number of carbonyl (C=O) groups excluding carboxylic acids is 1. The largest absolute Gasteiger partial charge is 0.480 e. The molecule has 110 valence electrons. The standard InChI is InChI=1S/C15H21NO4/c1-9(2)13(14(17)16-11(4)15(18)19)20-12-7-5-10(3)6-8-12/h5-9,11,13H,1-4H3,(H,16,17)(H,18,19). The van der Waals surface area contributed by atoms with Crippen LogP contribution in [0.25, 0.3) is 0 Å². The van der Waals surface area contributed by atoms with E-state index >= 15 is 0 Å². The van der Waals surface area contributed by atoms with Crippen LogP contribution in [0.15, 0.2) is 24.3 Å². The molecular formula is C15H21NO4. The zero-order valence-electron chi connectivity index (χ0n) is 12.2. The Labute approximate surface area is 118 Å². The van der Waals surface area contributed by atoms with Crippen LogP contribution in [0.5, 0.6) is 5.75 Å². The number of hydrogen-bond acceptors (Lipinski definition) is 3. The SMILES string of the molecule is Cc1ccc(OC(C(=O)NC(C)C(=O)O)C(C)C)cc1. The van der Waals surface area contributed by atoms with Gasteiger partial charge in [0, 0.05) is 0 Å². The topological polar surface area (TPSA) is 75.6 Å². The van der Waals surface area contributed by atoms with Gasteiger partial charge < -0.3 is 15.2 Å². The number of aryl methyl sites for hydroxylation is 1. The number of carboxylic acid groups (broad SMARTS) is 1. The minimum atomic E-state index is -1.07. The second kappa shape index (κ2) is 6.93. The second-order valence-corrected chi connectivity index (χ2v) is 5.16. The summed E-state index contributed by atoms with van der Waals surface area (Å²) in [6.45, 7) is 7.09. The smallest absolute Gasteiger partial charge is 0.325 e. The van der Waals surface area contributed by atoms with Crippen LogP contribution in [-0.4, -0.2) is 29.1 Å². The van der Waals surface area contributed by atoms with E-state index < -0.39 is 24.0 Å². The number of benzene rings is 1. The molecule has 0 saturated carbocycles. The van der Waals surface area contributed by atoms with Gasteiger partial charge in [-0.2, -0.15) is 0 Å². The first-order chi connectivity index (χ1) is 9.31. The van der Waals surface area contributed by atoms with Crippen LogP contribution in [0.3, 0.4) is 0 Å². The highest BCUT2D eigenvalue weighted by Crippen LogP contribution is 2.17. The van der Waals surface area contributed by atoms with Crippen molar-refractivity contribution in [3.63, 3.8) is 0 Å². The predicted molar refractivity (Wildman–Crippen MR) is 75.7 cm³/mol. The monoisotopic (exact) mass is 279 g/mol. The lowest BCUT2D eigenvalue weighted by Crippen LogP contribution is -2.47. The molecule has 0 fully saturated rings. The molecule has 1 amide bonds. The summed E-state index contributed by atoms with van der Waals surface area (Å²) in [5.74, 6) is -0.976. The second-order valence-electron chi connectivity index (χ2n) is 5.16. The maximum atomic E-state index is 12.1. The molecule has 0 radical (unpaired) electrons. The van der Waals surface area contributed by atoms with Gasteiger partial charge in [-0.25, -0.2) is 0 Å². The zero-order chi connectivity index (χ0) is 15.3. The average Bonchev–Trinajstić information content (AvgIpc) is 2.37. The Morgan fingerprint density at radius 1 is 1.15 bits per heavy atom. The van der Waals surface area contributed by atoms with Gasteiger partial charge >= 0.3 is 5.97 Å². The lowest BCUT2D eigenvalue weighted by molar-refractivity contribution is -0.143. The number of carboxylic acids is 1. The minimum Gasteiger partial charge on any atom is -0.480 e. The van der Waals surface area contributed by atoms with Gasteiger partial charge in [-0.15, -0.1) is 0 Å². The fourth-order valence-corrected chi connectivity index (χ4v) is 1.61. The van der Waals surface area contributed by atoms with Crippen molar-refractivity contribution in [1.82, 2.24) is 5.32 Å². The van der Waals surface area contributed by atoms with Crippen molar-refractivity contribution in [2.75, 3.05) is 0 Å². The molecule has 2 unspecified atom stereocenters. The van der Waals surface area contributed by atoms with Gasteiger partial charge in [0.05, 0.1) is 0 Å². The molecule has 20 heavy (non-hydrogen) atoms. The van der Waals surface area contributed by atoms with Crippen LogP contribution in [0, 0.1) is 12.8 Å². The van der Waals surface area contributed by atoms with Crippen LogP contribution in [0.4, 0.5) is 0 Å². The third-order valence-corrected chi connectivity index (χ3v) is 2.88. The molecule has 1 aromatic carbocycles. The Bertz CT molecular complexity index is 467. The first kappa shape index (κ1) is 16.0. The van der Waals surface area contributed by atoms with E-state index in [4.69, 9.17) is 9.84 Å². The van der Waals surface area contributed by atoms with Crippen LogP contribution in [-0.2, 0) is 9.59 Å². The number of nitrogens with one attached hydrogen (secondary N) is 1. The van der Waals surface area contributed by atoms with E-state index in [1.165, 1.54) is 6.92 Å². The summed E-state index contributed by atoms with van der Waals surface area (Å²) in [6, 6.07) is 6.43. The molecule has 2 atom stereocenters. The van der Waals surface area contributed by atoms with E-state index in [1.54, 1.807) is 12.1 Å². The maximum Gasteiger partial charge on any atom is 0.325 e. The summed E-state index contributed by atoms with van der Waals surface area (Å²) in [6.07, 6.45) is -0.723. The molecule has 0 aliphatic carbocycles. The fraction of sp³-hybridized carbons (Fsp3) is 0.467. The molecule has 0 aromatic heterocycles. The summed E-state index contributed by atoms with van der Waals surface area (Å²) in [4.78, 5) is 22.8. The Kier molecular flexibility index (Phi) is 5.55. The Morgan fingerprint density at radius 3 is 2.15 bits per heavy atom. The Morgan fingerprint density at radius 2 is 1.70 bits per heavy atom. The number of ether oxygens (including phenoxy) is 1. The van der Waals surface area contributed by atoms with Gasteiger partial charge in [-0.3, -0.25) is 9.59 Å². The quantitative estimate of drug-likeness (QED) is 0.835. The van der Waals surface area contributed by atoms with Crippen LogP contribution < -0.4 is 10.1 Å². The Hall–Kier alpha value is -2.04. The third kappa shape index (κ3) is 4.57. The van der Waals surface area contributed by atoms with Gasteiger partial charge in [-0.1, -0.05) is 31.5 Å². The van der Waals surface area contributed by atoms with Gasteiger partial charge in [0.25, 0.3) is 5.91 Å². The number of hydrogen-bond donors (Lipinski definition) is 2. The first-order valence-corrected chi connectivity index (χ1v) is 6.57. The molecule has 0 saturated heterocycles. The molecule has 5 heteroatoms. The summed E-state index contributed by atoms with van der Waals surface area (Å²) >= 11 is 0. The third-order valence-electron chi connectivity index (χ3n) is 2.88. The lowest BCUT2D eigenvalue weighted by Gasteiger charge is -2.23. The summed E-state index contributed by atoms with van der Waals surface area (Å²) in [5.41, 5.74) is 1.10. The van der Waals surface area contributed by atoms with Gasteiger partial charge in [0.2, 0.25) is 0 Å². The highest BCUT2D eigenvalue weighted by molar-refractivity contribution is 5.86. The van der Waals surface area contributed by atoms with E-state index in [2.05, 4.69) is 5.32 Å². The zero-order valence-corrected chi connectivity index (χ0v) is 12.2. The van der Waals surface area contributed by atoms with E-state index in [1.807, 2.05) is 32.9 Å². The predicted octanol–water partition coefficient (Wildman–Crippen LogP) is 1.99. The van der Waals surface area contributed by atoms with E-state index in [-0.39, 0.29) is 5.92 Å². The van der Waals surface area contributed by atoms with Crippen molar-refractivity contribution in [3.8, 4) is 5.75 Å². The summed E-state index contributed by atoms with van der Waals surface area (Å²) in [5, 5.41) is 11.2. The molecule has 1 rings (SSSR count). The molecule has 0 bridgehead atoms. The summed E-state index contributed by atoms with van der Waals surface area (Å²) in [7, 11) is 0. The normalized spacial score (nSPS) is 13.7. The fourth-order valence-electron chi connectivity index (χ4n) is 1.61. The maximum absolute atomic E-state index is 12.1. The molecule has 5 nitrogen and oxygen atoms in total. The van der Waals surface area contributed by atoms with E-state index in [0.29, 0.717) is 5.75 Å². The molecule has 2 N–H and O–H groups in total. The van der Waals surface area contributed by atoms with Crippen molar-refractivity contribution >= 4 is 11.9 Å². The molecule has 0 spiro atoms. The molecular weight excluding hydrogens is 258 g/mol. The van der Waals surface area contributed by atoms with Gasteiger partial charge in [0.1, 0.15) is 11.8 Å². The lowest BCUT2D eigenvalue weighted by atomic mass is 10.1. The van der Waals surface area contributed by atoms with Crippen molar-refractivity contribution in [2.24, 2.45) is 5.92 Å². The van der Waals surface area contributed by atoms with Crippen molar-refractivity contribution in [2.45, 2.75) is 39.8 Å². The minimum absolute atomic E-state index is 0.0719. The average molecular weight is 279 g/mol. The number of rotatable bonds is 6. The van der Waals surface area contributed by atoms with E-state index in [9.17, 15) is 9.59 Å². The molecule has 0 aliphatic heterocycles. The number of aliphatic carboxylic acids is 1. The number of carbonyl (C=O) groups is 2. The molecule has 0 aliphatic rings. The van der Waals surface area contributed by atoms with Crippen LogP contribution in [0.1, 0.15) is 26.3 Å². The first-order valence-electron chi connectivity index (χ1n) is 6.57. The highest BCUT2D eigenvalue weighted by atomic mass is 16.5. The number of amides is 1.